The Labute approximate surface area is 218 Å². The van der Waals surface area contributed by atoms with Crippen molar-refractivity contribution in [2.45, 2.75) is 70.1 Å². The molecular formula is C30H44AlN3O. The number of likely N-dealkylation sites (tertiary alicyclic amines) is 1. The molecule has 1 N–H and O–H groups in total. The number of benzene rings is 2. The maximum atomic E-state index is 12.4. The molecule has 188 valence electrons. The SMILES string of the molecule is CC(C)[CH2][AlH][CH2]C(C)C.O=c1[nH]c(Cc2ccccc2)cn1C1CCN(Cc2ccccc2)CC1. The van der Waals surface area contributed by atoms with Crippen molar-refractivity contribution in [3.8, 4) is 0 Å². The van der Waals surface area contributed by atoms with Gasteiger partial charge in [-0.15, -0.1) is 0 Å². The fourth-order valence-corrected chi connectivity index (χ4v) is 6.64. The predicted molar refractivity (Wildman–Crippen MR) is 151 cm³/mol. The van der Waals surface area contributed by atoms with Crippen LogP contribution in [0.1, 0.15) is 63.4 Å². The molecule has 1 saturated heterocycles. The molecular weight excluding hydrogens is 445 g/mol. The lowest BCUT2D eigenvalue weighted by Crippen LogP contribution is -2.36. The third-order valence-corrected chi connectivity index (χ3v) is 9.92. The summed E-state index contributed by atoms with van der Waals surface area (Å²) in [5.74, 6) is 1.91. The van der Waals surface area contributed by atoms with Gasteiger partial charge in [-0.1, -0.05) is 111 Å². The molecule has 2 aromatic carbocycles. The van der Waals surface area contributed by atoms with Gasteiger partial charge in [-0.05, 0) is 24.0 Å². The fraction of sp³-hybridized carbons (Fsp3) is 0.500. The number of hydrogen-bond acceptors (Lipinski definition) is 2. The van der Waals surface area contributed by atoms with E-state index in [1.54, 1.807) is 0 Å². The van der Waals surface area contributed by atoms with E-state index in [1.165, 1.54) is 21.7 Å². The minimum atomic E-state index is 0.0254. The predicted octanol–water partition coefficient (Wildman–Crippen LogP) is 6.18. The number of rotatable bonds is 9. The van der Waals surface area contributed by atoms with Crippen molar-refractivity contribution in [3.63, 3.8) is 0 Å². The van der Waals surface area contributed by atoms with Gasteiger partial charge in [-0.2, -0.15) is 0 Å². The molecule has 2 heterocycles. The van der Waals surface area contributed by atoms with E-state index < -0.39 is 0 Å². The molecule has 0 amide bonds. The van der Waals surface area contributed by atoms with E-state index in [9.17, 15) is 4.79 Å². The van der Waals surface area contributed by atoms with Crippen LogP contribution in [0.2, 0.25) is 10.6 Å². The Balaban J connectivity index is 0.000000327. The maximum absolute atomic E-state index is 12.4. The zero-order valence-corrected chi connectivity index (χ0v) is 23.7. The zero-order valence-electron chi connectivity index (χ0n) is 22.2. The number of imidazole rings is 1. The van der Waals surface area contributed by atoms with Crippen molar-refractivity contribution in [1.82, 2.24) is 14.5 Å². The van der Waals surface area contributed by atoms with Gasteiger partial charge in [-0.3, -0.25) is 9.47 Å². The van der Waals surface area contributed by atoms with Crippen molar-refractivity contribution >= 4 is 15.2 Å². The Bertz CT molecular complexity index is 1010. The van der Waals surface area contributed by atoms with E-state index in [4.69, 9.17) is 0 Å². The number of hydrogen-bond donors (Lipinski definition) is 1. The Morgan fingerprint density at radius 3 is 1.94 bits per heavy atom. The van der Waals surface area contributed by atoms with Crippen molar-refractivity contribution in [3.05, 3.63) is 94.2 Å². The van der Waals surface area contributed by atoms with E-state index in [0.717, 1.165) is 56.4 Å². The Morgan fingerprint density at radius 1 is 0.857 bits per heavy atom. The minimum Gasteiger partial charge on any atom is -0.310 e. The van der Waals surface area contributed by atoms with Crippen LogP contribution >= 0.6 is 0 Å². The van der Waals surface area contributed by atoms with E-state index in [1.807, 2.05) is 29.0 Å². The Hall–Kier alpha value is -2.06. The summed E-state index contributed by atoms with van der Waals surface area (Å²) in [7, 11) is 0. The topological polar surface area (TPSA) is 41.0 Å². The summed E-state index contributed by atoms with van der Waals surface area (Å²) >= 11 is 0.316. The minimum absolute atomic E-state index is 0.0254. The normalized spacial score (nSPS) is 14.7. The van der Waals surface area contributed by atoms with E-state index >= 15 is 0 Å². The molecule has 0 aliphatic carbocycles. The van der Waals surface area contributed by atoms with Crippen molar-refractivity contribution in [2.75, 3.05) is 13.1 Å². The lowest BCUT2D eigenvalue weighted by molar-refractivity contribution is 0.178. The van der Waals surface area contributed by atoms with Crippen LogP contribution in [0.25, 0.3) is 0 Å². The first kappa shape index (κ1) is 27.5. The molecule has 0 radical (unpaired) electrons. The van der Waals surface area contributed by atoms with Crippen LogP contribution in [0.4, 0.5) is 0 Å². The fourth-order valence-electron chi connectivity index (χ4n) is 4.77. The third kappa shape index (κ3) is 9.84. The van der Waals surface area contributed by atoms with Crippen LogP contribution < -0.4 is 5.69 Å². The quantitative estimate of drug-likeness (QED) is 0.365. The van der Waals surface area contributed by atoms with Crippen LogP contribution in [0, 0.1) is 11.8 Å². The molecule has 1 aromatic heterocycles. The summed E-state index contributed by atoms with van der Waals surface area (Å²) in [6.45, 7) is 12.4. The molecule has 0 saturated carbocycles. The van der Waals surface area contributed by atoms with Gasteiger partial charge in [-0.25, -0.2) is 4.79 Å². The third-order valence-electron chi connectivity index (χ3n) is 6.80. The highest BCUT2D eigenvalue weighted by Gasteiger charge is 2.22. The highest BCUT2D eigenvalue weighted by atomic mass is 27.1. The Kier molecular flexibility index (Phi) is 11.4. The summed E-state index contributed by atoms with van der Waals surface area (Å²) in [5, 5.41) is 3.08. The maximum Gasteiger partial charge on any atom is 0.325 e. The first-order chi connectivity index (χ1) is 16.9. The number of piperidine rings is 1. The summed E-state index contributed by atoms with van der Waals surface area (Å²) in [6, 6.07) is 21.2. The molecule has 0 bridgehead atoms. The zero-order chi connectivity index (χ0) is 25.0. The number of nitrogens with zero attached hydrogens (tertiary/aromatic N) is 2. The molecule has 0 unspecified atom stereocenters. The van der Waals surface area contributed by atoms with Gasteiger partial charge in [0.25, 0.3) is 0 Å². The van der Waals surface area contributed by atoms with Crippen LogP contribution in [-0.2, 0) is 13.0 Å². The van der Waals surface area contributed by atoms with Crippen molar-refractivity contribution in [1.29, 1.82) is 0 Å². The first-order valence-corrected chi connectivity index (χ1v) is 15.5. The van der Waals surface area contributed by atoms with Crippen molar-refractivity contribution < 1.29 is 0 Å². The Morgan fingerprint density at radius 2 is 1.40 bits per heavy atom. The van der Waals surface area contributed by atoms with Gasteiger partial charge in [0.2, 0.25) is 15.2 Å². The van der Waals surface area contributed by atoms with Gasteiger partial charge >= 0.3 is 5.69 Å². The van der Waals surface area contributed by atoms with Gasteiger partial charge in [0.05, 0.1) is 0 Å². The standard InChI is InChI=1S/C22H25N3O.2C4H9.Al.H/c26-22-23-20(15-18-7-3-1-4-8-18)17-25(22)21-11-13-24(14-12-21)16-19-9-5-2-6-10-19;2*1-4(2)3;;/h1-10,17,21H,11-16H2,(H,23,26);2*4H,1H2,2-3H3;;. The lowest BCUT2D eigenvalue weighted by atomic mass is 10.0. The molecule has 1 fully saturated rings. The van der Waals surface area contributed by atoms with E-state index in [0.29, 0.717) is 21.3 Å². The second-order valence-corrected chi connectivity index (χ2v) is 12.7. The number of nitrogens with one attached hydrogen (secondary N) is 1. The van der Waals surface area contributed by atoms with Crippen LogP contribution in [0.15, 0.2) is 71.7 Å². The average molecular weight is 490 g/mol. The number of H-pyrrole nitrogens is 1. The number of aromatic nitrogens is 2. The molecule has 4 nitrogen and oxygen atoms in total. The highest BCUT2D eigenvalue weighted by Crippen LogP contribution is 2.23. The molecule has 0 spiro atoms. The monoisotopic (exact) mass is 489 g/mol. The van der Waals surface area contributed by atoms with Gasteiger partial charge < -0.3 is 4.98 Å². The van der Waals surface area contributed by atoms with Crippen LogP contribution in [0.3, 0.4) is 0 Å². The van der Waals surface area contributed by atoms with Gasteiger partial charge in [0.15, 0.2) is 0 Å². The molecule has 3 aromatic rings. The largest absolute Gasteiger partial charge is 0.325 e. The number of aromatic amines is 1. The molecule has 1 aliphatic heterocycles. The van der Waals surface area contributed by atoms with Crippen LogP contribution in [0.5, 0.6) is 0 Å². The molecule has 0 atom stereocenters. The summed E-state index contributed by atoms with van der Waals surface area (Å²) in [4.78, 5) is 17.9. The van der Waals surface area contributed by atoms with Gasteiger partial charge in [0.1, 0.15) is 0 Å². The second kappa shape index (κ2) is 14.5. The molecule has 4 rings (SSSR count). The molecule has 1 aliphatic rings. The van der Waals surface area contributed by atoms with E-state index in [-0.39, 0.29) is 5.69 Å². The van der Waals surface area contributed by atoms with Gasteiger partial charge in [0, 0.05) is 44.0 Å². The molecule has 35 heavy (non-hydrogen) atoms. The second-order valence-electron chi connectivity index (χ2n) is 10.9. The summed E-state index contributed by atoms with van der Waals surface area (Å²) in [5.41, 5.74) is 3.60. The highest BCUT2D eigenvalue weighted by molar-refractivity contribution is 6.35. The lowest BCUT2D eigenvalue weighted by Gasteiger charge is -2.32. The van der Waals surface area contributed by atoms with Crippen LogP contribution in [-0.4, -0.2) is 42.8 Å². The van der Waals surface area contributed by atoms with E-state index in [2.05, 4.69) is 80.0 Å². The summed E-state index contributed by atoms with van der Waals surface area (Å²) in [6.07, 6.45) is 4.84. The summed E-state index contributed by atoms with van der Waals surface area (Å²) < 4.78 is 1.91. The smallest absolute Gasteiger partial charge is 0.310 e. The van der Waals surface area contributed by atoms with Crippen molar-refractivity contribution in [2.24, 2.45) is 11.8 Å². The average Bonchev–Trinajstić information content (AvgIpc) is 3.20. The first-order valence-electron chi connectivity index (χ1n) is 13.5. The molecule has 5 heteroatoms.